The highest BCUT2D eigenvalue weighted by Gasteiger charge is 2.28. The first-order valence-electron chi connectivity index (χ1n) is 7.07. The van der Waals surface area contributed by atoms with Gasteiger partial charge in [0.2, 0.25) is 0 Å². The van der Waals surface area contributed by atoms with Crippen LogP contribution in [-0.2, 0) is 0 Å². The van der Waals surface area contributed by atoms with E-state index in [-0.39, 0.29) is 0 Å². The molecule has 0 radical (unpaired) electrons. The number of aromatic nitrogens is 1. The van der Waals surface area contributed by atoms with Crippen LogP contribution in [0.1, 0.15) is 26.7 Å². The fourth-order valence-corrected chi connectivity index (χ4v) is 3.23. The molecule has 2 heterocycles. The lowest BCUT2D eigenvalue weighted by atomic mass is 10.0. The van der Waals surface area contributed by atoms with E-state index in [2.05, 4.69) is 29.8 Å². The van der Waals surface area contributed by atoms with Gasteiger partial charge in [-0.15, -0.1) is 0 Å². The number of benzene rings is 1. The predicted molar refractivity (Wildman–Crippen MR) is 81.4 cm³/mol. The Hall–Kier alpha value is -1.77. The molecule has 0 aliphatic carbocycles. The van der Waals surface area contributed by atoms with Crippen LogP contribution in [0.15, 0.2) is 30.6 Å². The summed E-state index contributed by atoms with van der Waals surface area (Å²) in [6.45, 7) is 5.75. The summed E-state index contributed by atoms with van der Waals surface area (Å²) < 4.78 is 0. The lowest BCUT2D eigenvalue weighted by Gasteiger charge is -2.30. The van der Waals surface area contributed by atoms with Gasteiger partial charge in [-0.25, -0.2) is 0 Å². The molecule has 2 aromatic rings. The average Bonchev–Trinajstić information content (AvgIpc) is 2.89. The molecule has 1 aromatic carbocycles. The topological polar surface area (TPSA) is 42.1 Å². The molecule has 19 heavy (non-hydrogen) atoms. The van der Waals surface area contributed by atoms with Crippen LogP contribution in [0.3, 0.4) is 0 Å². The zero-order valence-corrected chi connectivity index (χ0v) is 11.6. The minimum Gasteiger partial charge on any atom is -0.398 e. The van der Waals surface area contributed by atoms with Crippen molar-refractivity contribution >= 4 is 22.1 Å². The Morgan fingerprint density at radius 1 is 1.26 bits per heavy atom. The molecule has 1 unspecified atom stereocenters. The number of nitrogen functional groups attached to an aromatic ring is 1. The lowest BCUT2D eigenvalue weighted by molar-refractivity contribution is 0.492. The second kappa shape index (κ2) is 4.72. The fraction of sp³-hybridized carbons (Fsp3) is 0.438. The third-order valence-electron chi connectivity index (χ3n) is 4.21. The summed E-state index contributed by atoms with van der Waals surface area (Å²) >= 11 is 0. The van der Waals surface area contributed by atoms with Crippen LogP contribution in [-0.4, -0.2) is 17.6 Å². The average molecular weight is 255 g/mol. The van der Waals surface area contributed by atoms with Gasteiger partial charge in [0.05, 0.1) is 0 Å². The second-order valence-corrected chi connectivity index (χ2v) is 5.74. The molecule has 1 aliphatic heterocycles. The van der Waals surface area contributed by atoms with Crippen molar-refractivity contribution in [1.29, 1.82) is 0 Å². The summed E-state index contributed by atoms with van der Waals surface area (Å²) in [4.78, 5) is 6.81. The molecule has 0 bridgehead atoms. The maximum absolute atomic E-state index is 6.07. The minimum absolute atomic E-state index is 0.632. The van der Waals surface area contributed by atoms with Crippen LogP contribution in [0.5, 0.6) is 0 Å². The quantitative estimate of drug-likeness (QED) is 0.836. The molecule has 2 N–H and O–H groups in total. The molecule has 100 valence electrons. The molecule has 1 aliphatic rings. The Labute approximate surface area is 114 Å². The highest BCUT2D eigenvalue weighted by Crippen LogP contribution is 2.36. The van der Waals surface area contributed by atoms with Gasteiger partial charge >= 0.3 is 0 Å². The predicted octanol–water partition coefficient (Wildman–Crippen LogP) is 3.44. The first kappa shape index (κ1) is 12.3. The molecule has 3 rings (SSSR count). The third-order valence-corrected chi connectivity index (χ3v) is 4.21. The van der Waals surface area contributed by atoms with Crippen molar-refractivity contribution in [2.75, 3.05) is 17.2 Å². The number of nitrogens with two attached hydrogens (primary N) is 1. The molecule has 1 saturated heterocycles. The summed E-state index contributed by atoms with van der Waals surface area (Å²) in [5.41, 5.74) is 8.19. The lowest BCUT2D eigenvalue weighted by Crippen LogP contribution is -2.33. The van der Waals surface area contributed by atoms with E-state index in [0.29, 0.717) is 12.0 Å². The van der Waals surface area contributed by atoms with E-state index in [1.54, 1.807) is 0 Å². The molecule has 0 saturated carbocycles. The molecule has 3 nitrogen and oxygen atoms in total. The largest absolute Gasteiger partial charge is 0.398 e. The molecule has 1 atom stereocenters. The van der Waals surface area contributed by atoms with Crippen molar-refractivity contribution in [2.24, 2.45) is 5.92 Å². The van der Waals surface area contributed by atoms with Gasteiger partial charge in [-0.3, -0.25) is 4.98 Å². The molecule has 3 heteroatoms. The number of hydrogen-bond donors (Lipinski definition) is 1. The molecule has 1 aromatic heterocycles. The van der Waals surface area contributed by atoms with Crippen molar-refractivity contribution in [1.82, 2.24) is 4.98 Å². The number of nitrogens with zero attached hydrogens (tertiary/aromatic N) is 2. The normalized spacial score (nSPS) is 19.5. The van der Waals surface area contributed by atoms with Crippen molar-refractivity contribution in [3.63, 3.8) is 0 Å². The third kappa shape index (κ3) is 2.03. The smallest absolute Gasteiger partial charge is 0.0465 e. The molecular formula is C16H21N3. The van der Waals surface area contributed by atoms with Gasteiger partial charge in [-0.1, -0.05) is 13.8 Å². The number of anilines is 2. The van der Waals surface area contributed by atoms with Crippen LogP contribution in [0, 0.1) is 5.92 Å². The zero-order chi connectivity index (χ0) is 13.4. The molecule has 0 amide bonds. The summed E-state index contributed by atoms with van der Waals surface area (Å²) in [7, 11) is 0. The van der Waals surface area contributed by atoms with Gasteiger partial charge < -0.3 is 10.6 Å². The van der Waals surface area contributed by atoms with Crippen LogP contribution < -0.4 is 10.6 Å². The van der Waals surface area contributed by atoms with Gasteiger partial charge in [0.15, 0.2) is 0 Å². The summed E-state index contributed by atoms with van der Waals surface area (Å²) in [5, 5.41) is 2.29. The van der Waals surface area contributed by atoms with Gasteiger partial charge in [-0.05, 0) is 37.0 Å². The second-order valence-electron chi connectivity index (χ2n) is 5.74. The Morgan fingerprint density at radius 3 is 2.89 bits per heavy atom. The van der Waals surface area contributed by atoms with Crippen LogP contribution in [0.25, 0.3) is 10.8 Å². The molecular weight excluding hydrogens is 234 g/mol. The maximum Gasteiger partial charge on any atom is 0.0465 e. The van der Waals surface area contributed by atoms with Crippen molar-refractivity contribution in [2.45, 2.75) is 32.7 Å². The van der Waals surface area contributed by atoms with Gasteiger partial charge in [0.1, 0.15) is 0 Å². The fourth-order valence-electron chi connectivity index (χ4n) is 3.23. The number of fused-ring (bicyclic) bond motifs is 1. The van der Waals surface area contributed by atoms with Crippen molar-refractivity contribution in [3.05, 3.63) is 30.6 Å². The highest BCUT2D eigenvalue weighted by atomic mass is 15.2. The van der Waals surface area contributed by atoms with E-state index in [1.807, 2.05) is 24.5 Å². The van der Waals surface area contributed by atoms with E-state index in [0.717, 1.165) is 17.6 Å². The number of pyridine rings is 1. The SMILES string of the molecule is CC(C)C1CCCN1c1ccc(N)c2ccncc12. The summed E-state index contributed by atoms with van der Waals surface area (Å²) in [5.74, 6) is 0.673. The van der Waals surface area contributed by atoms with E-state index in [9.17, 15) is 0 Å². The standard InChI is InChI=1S/C16H21N3/c1-11(2)15-4-3-9-19(15)16-6-5-14(17)12-7-8-18-10-13(12)16/h5-8,10-11,15H,3-4,9,17H2,1-2H3. The Kier molecular flexibility index (Phi) is 3.05. The van der Waals surface area contributed by atoms with Crippen LogP contribution in [0.4, 0.5) is 11.4 Å². The summed E-state index contributed by atoms with van der Waals surface area (Å²) in [6, 6.07) is 6.81. The first-order valence-corrected chi connectivity index (χ1v) is 7.07. The van der Waals surface area contributed by atoms with E-state index in [1.165, 1.54) is 23.9 Å². The van der Waals surface area contributed by atoms with E-state index < -0.39 is 0 Å². The van der Waals surface area contributed by atoms with Crippen LogP contribution in [0.2, 0.25) is 0 Å². The Morgan fingerprint density at radius 2 is 2.11 bits per heavy atom. The van der Waals surface area contributed by atoms with Crippen molar-refractivity contribution in [3.8, 4) is 0 Å². The van der Waals surface area contributed by atoms with E-state index >= 15 is 0 Å². The first-order chi connectivity index (χ1) is 9.18. The van der Waals surface area contributed by atoms with Gasteiger partial charge in [-0.2, -0.15) is 0 Å². The monoisotopic (exact) mass is 255 g/mol. The van der Waals surface area contributed by atoms with E-state index in [4.69, 9.17) is 5.73 Å². The Bertz CT molecular complexity index is 592. The Balaban J connectivity index is 2.13. The van der Waals surface area contributed by atoms with Crippen molar-refractivity contribution < 1.29 is 0 Å². The van der Waals surface area contributed by atoms with Crippen LogP contribution >= 0.6 is 0 Å². The highest BCUT2D eigenvalue weighted by molar-refractivity contribution is 6.01. The van der Waals surface area contributed by atoms with Gasteiger partial charge in [0, 0.05) is 47.1 Å². The maximum atomic E-state index is 6.07. The number of hydrogen-bond acceptors (Lipinski definition) is 3. The van der Waals surface area contributed by atoms with Gasteiger partial charge in [0.25, 0.3) is 0 Å². The summed E-state index contributed by atoms with van der Waals surface area (Å²) in [6.07, 6.45) is 6.31. The molecule has 0 spiro atoms. The molecule has 1 fully saturated rings. The number of rotatable bonds is 2. The minimum atomic E-state index is 0.632. The zero-order valence-electron chi connectivity index (χ0n) is 11.6.